The molecule has 0 unspecified atom stereocenters. The number of benzene rings is 1. The van der Waals surface area contributed by atoms with Crippen molar-refractivity contribution in [2.24, 2.45) is 5.92 Å². The minimum absolute atomic E-state index is 0.238. The molecule has 0 aliphatic carbocycles. The Morgan fingerprint density at radius 3 is 2.79 bits per heavy atom. The first-order chi connectivity index (χ1) is 14.2. The lowest BCUT2D eigenvalue weighted by Crippen LogP contribution is -2.33. The van der Waals surface area contributed by atoms with Crippen molar-refractivity contribution >= 4 is 0 Å². The van der Waals surface area contributed by atoms with Crippen LogP contribution in [0.1, 0.15) is 36.2 Å². The van der Waals surface area contributed by atoms with Crippen molar-refractivity contribution in [1.82, 2.24) is 20.0 Å². The first-order valence-corrected chi connectivity index (χ1v) is 11.0. The van der Waals surface area contributed by atoms with E-state index in [1.54, 1.807) is 0 Å². The van der Waals surface area contributed by atoms with Gasteiger partial charge in [0.25, 0.3) is 0 Å². The Morgan fingerprint density at radius 2 is 2.00 bits per heavy atom. The predicted octanol–water partition coefficient (Wildman–Crippen LogP) is 2.62. The number of aliphatic hydroxyl groups excluding tert-OH is 1. The summed E-state index contributed by atoms with van der Waals surface area (Å²) < 4.78 is 6.02. The van der Waals surface area contributed by atoms with Gasteiger partial charge in [-0.3, -0.25) is 14.9 Å². The lowest BCUT2D eigenvalue weighted by Gasteiger charge is -2.26. The van der Waals surface area contributed by atoms with Gasteiger partial charge in [0, 0.05) is 37.8 Å². The van der Waals surface area contributed by atoms with Crippen molar-refractivity contribution in [2.75, 3.05) is 39.3 Å². The van der Waals surface area contributed by atoms with Crippen LogP contribution in [-0.2, 0) is 13.0 Å². The van der Waals surface area contributed by atoms with Gasteiger partial charge in [-0.1, -0.05) is 18.6 Å². The molecule has 2 N–H and O–H groups in total. The van der Waals surface area contributed by atoms with Crippen LogP contribution in [0.5, 0.6) is 5.75 Å². The number of aromatic nitrogens is 2. The minimum atomic E-state index is -0.295. The van der Waals surface area contributed by atoms with Gasteiger partial charge in [0.05, 0.1) is 11.8 Å². The summed E-state index contributed by atoms with van der Waals surface area (Å²) in [7, 11) is 0. The van der Waals surface area contributed by atoms with Crippen molar-refractivity contribution in [3.05, 3.63) is 47.3 Å². The van der Waals surface area contributed by atoms with E-state index in [0.29, 0.717) is 6.54 Å². The average Bonchev–Trinajstić information content (AvgIpc) is 3.28. The van der Waals surface area contributed by atoms with Crippen LogP contribution in [0.4, 0.5) is 0 Å². The molecule has 29 heavy (non-hydrogen) atoms. The zero-order chi connectivity index (χ0) is 20.1. The highest BCUT2D eigenvalue weighted by atomic mass is 16.5. The fraction of sp³-hybridized carbons (Fsp3) is 0.609. The van der Waals surface area contributed by atoms with E-state index in [2.05, 4.69) is 44.3 Å². The number of piperidine rings is 1. The number of β-amino-alcohol motifs (C(OH)–C–C–N with tert-alkyl or cyclic N) is 1. The smallest absolute Gasteiger partial charge is 0.119 e. The van der Waals surface area contributed by atoms with Crippen molar-refractivity contribution in [1.29, 1.82) is 0 Å². The van der Waals surface area contributed by atoms with Gasteiger partial charge in [0.2, 0.25) is 0 Å². The molecule has 2 atom stereocenters. The molecule has 6 heteroatoms. The summed E-state index contributed by atoms with van der Waals surface area (Å²) in [6.07, 6.45) is 4.53. The van der Waals surface area contributed by atoms with Crippen molar-refractivity contribution in [3.63, 3.8) is 0 Å². The lowest BCUT2D eigenvalue weighted by molar-refractivity contribution is 0.140. The summed E-state index contributed by atoms with van der Waals surface area (Å²) in [4.78, 5) is 4.83. The molecule has 158 valence electrons. The standard InChI is InChI=1S/C23H34N4O2/c1-18-12-21(25-24-18)14-20-16-27(17-23(20)28)15-19-6-5-7-22(13-19)29-11-10-26-8-3-2-4-9-26/h5-7,12-13,20,23,28H,2-4,8-11,14-17H2,1H3,(H,24,25)/t20-,23-/m1/s1. The molecular formula is C23H34N4O2. The second-order valence-electron chi connectivity index (χ2n) is 8.67. The third-order valence-corrected chi connectivity index (χ3v) is 6.14. The Balaban J connectivity index is 1.25. The third kappa shape index (κ3) is 5.81. The predicted molar refractivity (Wildman–Crippen MR) is 114 cm³/mol. The maximum Gasteiger partial charge on any atom is 0.119 e. The largest absolute Gasteiger partial charge is 0.492 e. The van der Waals surface area contributed by atoms with E-state index in [9.17, 15) is 5.11 Å². The van der Waals surface area contributed by atoms with Gasteiger partial charge in [-0.05, 0) is 63.0 Å². The zero-order valence-electron chi connectivity index (χ0n) is 17.5. The zero-order valence-corrected chi connectivity index (χ0v) is 17.5. The molecule has 0 saturated carbocycles. The maximum atomic E-state index is 10.5. The number of aryl methyl sites for hydroxylation is 1. The van der Waals surface area contributed by atoms with E-state index < -0.39 is 0 Å². The normalized spacial score (nSPS) is 23.5. The molecule has 2 aromatic rings. The van der Waals surface area contributed by atoms with E-state index in [4.69, 9.17) is 4.74 Å². The van der Waals surface area contributed by atoms with Crippen LogP contribution in [0.2, 0.25) is 0 Å². The number of hydrogen-bond acceptors (Lipinski definition) is 5. The van der Waals surface area contributed by atoms with E-state index in [1.807, 2.05) is 13.0 Å². The van der Waals surface area contributed by atoms with Gasteiger partial charge >= 0.3 is 0 Å². The highest BCUT2D eigenvalue weighted by Gasteiger charge is 2.31. The van der Waals surface area contributed by atoms with Gasteiger partial charge in [-0.2, -0.15) is 5.10 Å². The Bertz CT molecular complexity index is 772. The van der Waals surface area contributed by atoms with Crippen LogP contribution in [0.15, 0.2) is 30.3 Å². The van der Waals surface area contributed by atoms with Gasteiger partial charge in [-0.25, -0.2) is 0 Å². The number of rotatable bonds is 8. The molecular weight excluding hydrogens is 364 g/mol. The topological polar surface area (TPSA) is 64.6 Å². The maximum absolute atomic E-state index is 10.5. The minimum Gasteiger partial charge on any atom is -0.492 e. The highest BCUT2D eigenvalue weighted by molar-refractivity contribution is 5.28. The summed E-state index contributed by atoms with van der Waals surface area (Å²) in [6.45, 7) is 8.64. The van der Waals surface area contributed by atoms with Crippen LogP contribution >= 0.6 is 0 Å². The van der Waals surface area contributed by atoms with Crippen LogP contribution in [0.25, 0.3) is 0 Å². The molecule has 6 nitrogen and oxygen atoms in total. The molecule has 2 fully saturated rings. The summed E-state index contributed by atoms with van der Waals surface area (Å²) in [5, 5.41) is 17.8. The molecule has 1 aromatic carbocycles. The molecule has 2 aliphatic heterocycles. The molecule has 2 saturated heterocycles. The fourth-order valence-electron chi connectivity index (χ4n) is 4.59. The Labute approximate surface area is 173 Å². The second kappa shape index (κ2) is 9.74. The quantitative estimate of drug-likeness (QED) is 0.716. The molecule has 1 aromatic heterocycles. The fourth-order valence-corrected chi connectivity index (χ4v) is 4.59. The summed E-state index contributed by atoms with van der Waals surface area (Å²) in [5.74, 6) is 1.18. The van der Waals surface area contributed by atoms with Crippen LogP contribution in [-0.4, -0.2) is 70.5 Å². The first kappa shape index (κ1) is 20.4. The molecule has 0 bridgehead atoms. The first-order valence-electron chi connectivity index (χ1n) is 11.0. The van der Waals surface area contributed by atoms with Crippen molar-refractivity contribution in [2.45, 2.75) is 45.3 Å². The van der Waals surface area contributed by atoms with Gasteiger partial charge in [0.1, 0.15) is 12.4 Å². The average molecular weight is 399 g/mol. The van der Waals surface area contributed by atoms with E-state index in [1.165, 1.54) is 37.9 Å². The van der Waals surface area contributed by atoms with E-state index in [0.717, 1.165) is 49.8 Å². The summed E-state index contributed by atoms with van der Waals surface area (Å²) in [5.41, 5.74) is 3.35. The second-order valence-corrected chi connectivity index (χ2v) is 8.67. The number of ether oxygens (including phenoxy) is 1. The summed E-state index contributed by atoms with van der Waals surface area (Å²) in [6, 6.07) is 10.5. The van der Waals surface area contributed by atoms with E-state index >= 15 is 0 Å². The van der Waals surface area contributed by atoms with Gasteiger partial charge < -0.3 is 9.84 Å². The number of aromatic amines is 1. The number of likely N-dealkylation sites (tertiary alicyclic amines) is 2. The monoisotopic (exact) mass is 398 g/mol. The SMILES string of the molecule is Cc1cc(C[C@@H]2CN(Cc3cccc(OCCN4CCCCC4)c3)C[C@H]2O)n[nH]1. The molecule has 3 heterocycles. The van der Waals surface area contributed by atoms with Gasteiger partial charge in [-0.15, -0.1) is 0 Å². The Kier molecular flexibility index (Phi) is 6.85. The van der Waals surface area contributed by atoms with Crippen molar-refractivity contribution < 1.29 is 9.84 Å². The van der Waals surface area contributed by atoms with Crippen LogP contribution < -0.4 is 4.74 Å². The molecule has 4 rings (SSSR count). The van der Waals surface area contributed by atoms with Crippen molar-refractivity contribution in [3.8, 4) is 5.75 Å². The Hall–Kier alpha value is -1.89. The van der Waals surface area contributed by atoms with Crippen LogP contribution in [0, 0.1) is 12.8 Å². The number of hydrogen-bond donors (Lipinski definition) is 2. The number of nitrogens with one attached hydrogen (secondary N) is 1. The number of aliphatic hydroxyl groups is 1. The highest BCUT2D eigenvalue weighted by Crippen LogP contribution is 2.24. The van der Waals surface area contributed by atoms with E-state index in [-0.39, 0.29) is 12.0 Å². The number of H-pyrrole nitrogens is 1. The lowest BCUT2D eigenvalue weighted by atomic mass is 10.0. The van der Waals surface area contributed by atoms with Gasteiger partial charge in [0.15, 0.2) is 0 Å². The number of nitrogens with zero attached hydrogens (tertiary/aromatic N) is 3. The summed E-state index contributed by atoms with van der Waals surface area (Å²) >= 11 is 0. The Morgan fingerprint density at radius 1 is 1.14 bits per heavy atom. The van der Waals surface area contributed by atoms with Crippen LogP contribution in [0.3, 0.4) is 0 Å². The molecule has 0 radical (unpaired) electrons. The molecule has 0 spiro atoms. The molecule has 2 aliphatic rings. The molecule has 0 amide bonds. The third-order valence-electron chi connectivity index (χ3n) is 6.14.